The highest BCUT2D eigenvalue weighted by molar-refractivity contribution is 5.95. The van der Waals surface area contributed by atoms with Crippen molar-refractivity contribution >= 4 is 39.2 Å². The first kappa shape index (κ1) is 21.7. The van der Waals surface area contributed by atoms with Crippen LogP contribution in [0.2, 0.25) is 0 Å². The van der Waals surface area contributed by atoms with E-state index in [2.05, 4.69) is 156 Å². The first-order valence-corrected chi connectivity index (χ1v) is 12.2. The van der Waals surface area contributed by atoms with Gasteiger partial charge in [0.1, 0.15) is 0 Å². The Labute approximate surface area is 212 Å². The molecule has 0 heterocycles. The van der Waals surface area contributed by atoms with Crippen LogP contribution in [0.25, 0.3) is 21.9 Å². The molecule has 2 heteroatoms. The van der Waals surface area contributed by atoms with Crippen LogP contribution in [0.1, 0.15) is 0 Å². The smallest absolute Gasteiger partial charge is 0.0463 e. The van der Waals surface area contributed by atoms with E-state index in [4.69, 9.17) is 0 Å². The molecule has 0 atom stereocenters. The number of anilines is 5. The Morgan fingerprint density at radius 3 is 1.64 bits per heavy atom. The minimum absolute atomic E-state index is 1.06. The van der Waals surface area contributed by atoms with Gasteiger partial charge in [-0.3, -0.25) is 0 Å². The Kier molecular flexibility index (Phi) is 5.91. The molecule has 0 saturated carbocycles. The summed E-state index contributed by atoms with van der Waals surface area (Å²) >= 11 is 0. The Morgan fingerprint density at radius 2 is 0.917 bits per heavy atom. The molecule has 0 radical (unpaired) electrons. The summed E-state index contributed by atoms with van der Waals surface area (Å²) in [6.45, 7) is 0. The van der Waals surface area contributed by atoms with Crippen molar-refractivity contribution in [1.29, 1.82) is 0 Å². The topological polar surface area (TPSA) is 15.3 Å². The van der Waals surface area contributed by atoms with E-state index in [0.29, 0.717) is 0 Å². The van der Waals surface area contributed by atoms with E-state index >= 15 is 0 Å². The molecular weight excluding hydrogens is 436 g/mol. The van der Waals surface area contributed by atoms with Crippen LogP contribution in [-0.4, -0.2) is 0 Å². The van der Waals surface area contributed by atoms with Crippen molar-refractivity contribution in [3.8, 4) is 11.1 Å². The van der Waals surface area contributed by atoms with Crippen molar-refractivity contribution < 1.29 is 0 Å². The fourth-order valence-electron chi connectivity index (χ4n) is 4.64. The molecule has 36 heavy (non-hydrogen) atoms. The number of hydrogen-bond acceptors (Lipinski definition) is 2. The number of para-hydroxylation sites is 1. The van der Waals surface area contributed by atoms with Crippen molar-refractivity contribution in [2.75, 3.05) is 10.2 Å². The first-order chi connectivity index (χ1) is 17.8. The molecule has 0 aromatic heterocycles. The molecule has 0 saturated heterocycles. The molecule has 2 nitrogen and oxygen atoms in total. The summed E-state index contributed by atoms with van der Waals surface area (Å²) in [6.07, 6.45) is 0. The zero-order valence-electron chi connectivity index (χ0n) is 19.9. The third-order valence-electron chi connectivity index (χ3n) is 6.44. The molecule has 0 bridgehead atoms. The lowest BCUT2D eigenvalue weighted by Crippen LogP contribution is -2.09. The molecule has 0 amide bonds. The Bertz CT molecular complexity index is 1570. The van der Waals surface area contributed by atoms with E-state index in [0.717, 1.165) is 28.4 Å². The quantitative estimate of drug-likeness (QED) is 0.265. The maximum atomic E-state index is 3.60. The van der Waals surface area contributed by atoms with Gasteiger partial charge in [-0.2, -0.15) is 0 Å². The minimum atomic E-state index is 1.06. The molecule has 0 spiro atoms. The fraction of sp³-hybridized carbons (Fsp3) is 0. The SMILES string of the molecule is c1ccc(-c2ccc(N(c3ccccc3)c3ccc(Nc4cccc5ccccc45)cc3)cc2)cc1. The number of benzene rings is 6. The van der Waals surface area contributed by atoms with Crippen molar-refractivity contribution in [2.24, 2.45) is 0 Å². The van der Waals surface area contributed by atoms with Crippen LogP contribution in [-0.2, 0) is 0 Å². The van der Waals surface area contributed by atoms with E-state index in [1.165, 1.54) is 21.9 Å². The lowest BCUT2D eigenvalue weighted by atomic mass is 10.0. The van der Waals surface area contributed by atoms with Gasteiger partial charge in [0.15, 0.2) is 0 Å². The van der Waals surface area contributed by atoms with E-state index in [1.54, 1.807) is 0 Å². The van der Waals surface area contributed by atoms with Crippen molar-refractivity contribution in [3.63, 3.8) is 0 Å². The largest absolute Gasteiger partial charge is 0.355 e. The van der Waals surface area contributed by atoms with Gasteiger partial charge >= 0.3 is 0 Å². The van der Waals surface area contributed by atoms with Gasteiger partial charge in [-0.05, 0) is 71.1 Å². The molecule has 0 aliphatic heterocycles. The maximum absolute atomic E-state index is 3.60. The van der Waals surface area contributed by atoms with Crippen LogP contribution in [0.4, 0.5) is 28.4 Å². The molecule has 6 rings (SSSR count). The monoisotopic (exact) mass is 462 g/mol. The highest BCUT2D eigenvalue weighted by atomic mass is 15.1. The van der Waals surface area contributed by atoms with E-state index < -0.39 is 0 Å². The number of nitrogens with zero attached hydrogens (tertiary/aromatic N) is 1. The zero-order chi connectivity index (χ0) is 24.2. The molecule has 0 aliphatic rings. The summed E-state index contributed by atoms with van der Waals surface area (Å²) in [5.41, 5.74) is 7.95. The average molecular weight is 463 g/mol. The fourth-order valence-corrected chi connectivity index (χ4v) is 4.64. The van der Waals surface area contributed by atoms with Gasteiger partial charge in [0, 0.05) is 33.8 Å². The first-order valence-electron chi connectivity index (χ1n) is 12.2. The van der Waals surface area contributed by atoms with Crippen LogP contribution >= 0.6 is 0 Å². The lowest BCUT2D eigenvalue weighted by Gasteiger charge is -2.26. The molecule has 1 N–H and O–H groups in total. The number of nitrogens with one attached hydrogen (secondary N) is 1. The molecule has 0 unspecified atom stereocenters. The average Bonchev–Trinajstić information content (AvgIpc) is 2.96. The maximum Gasteiger partial charge on any atom is 0.0463 e. The molecule has 0 fully saturated rings. The predicted octanol–water partition coefficient (Wildman–Crippen LogP) is 9.72. The summed E-state index contributed by atoms with van der Waals surface area (Å²) in [5, 5.41) is 6.05. The van der Waals surface area contributed by atoms with Crippen LogP contribution in [0.3, 0.4) is 0 Å². The van der Waals surface area contributed by atoms with Gasteiger partial charge in [0.05, 0.1) is 0 Å². The number of rotatable bonds is 6. The number of hydrogen-bond donors (Lipinski definition) is 1. The van der Waals surface area contributed by atoms with Gasteiger partial charge in [0.2, 0.25) is 0 Å². The van der Waals surface area contributed by atoms with E-state index in [9.17, 15) is 0 Å². The Hall–Kier alpha value is -4.82. The van der Waals surface area contributed by atoms with Crippen molar-refractivity contribution in [3.05, 3.63) is 152 Å². The van der Waals surface area contributed by atoms with Crippen LogP contribution in [0.5, 0.6) is 0 Å². The highest BCUT2D eigenvalue weighted by Crippen LogP contribution is 2.36. The molecule has 6 aromatic rings. The normalized spacial score (nSPS) is 10.8. The zero-order valence-corrected chi connectivity index (χ0v) is 19.9. The summed E-state index contributed by atoms with van der Waals surface area (Å²) in [7, 11) is 0. The van der Waals surface area contributed by atoms with Gasteiger partial charge in [-0.1, -0.05) is 97.1 Å². The van der Waals surface area contributed by atoms with Crippen LogP contribution in [0, 0.1) is 0 Å². The molecule has 0 aliphatic carbocycles. The summed E-state index contributed by atoms with van der Waals surface area (Å²) in [4.78, 5) is 2.29. The van der Waals surface area contributed by atoms with E-state index in [1.807, 2.05) is 6.07 Å². The lowest BCUT2D eigenvalue weighted by molar-refractivity contribution is 1.28. The van der Waals surface area contributed by atoms with Crippen molar-refractivity contribution in [2.45, 2.75) is 0 Å². The third-order valence-corrected chi connectivity index (χ3v) is 6.44. The molecular formula is C34H26N2. The second kappa shape index (κ2) is 9.81. The Morgan fingerprint density at radius 1 is 0.389 bits per heavy atom. The second-order valence-corrected chi connectivity index (χ2v) is 8.78. The van der Waals surface area contributed by atoms with Gasteiger partial charge < -0.3 is 10.2 Å². The highest BCUT2D eigenvalue weighted by Gasteiger charge is 2.12. The van der Waals surface area contributed by atoms with Crippen LogP contribution in [0.15, 0.2) is 152 Å². The van der Waals surface area contributed by atoms with Gasteiger partial charge in [-0.15, -0.1) is 0 Å². The van der Waals surface area contributed by atoms with Crippen molar-refractivity contribution in [1.82, 2.24) is 0 Å². The Balaban J connectivity index is 1.32. The van der Waals surface area contributed by atoms with Gasteiger partial charge in [-0.25, -0.2) is 0 Å². The minimum Gasteiger partial charge on any atom is -0.355 e. The second-order valence-electron chi connectivity index (χ2n) is 8.78. The molecule has 6 aromatic carbocycles. The third kappa shape index (κ3) is 4.45. The summed E-state index contributed by atoms with van der Waals surface area (Å²) < 4.78 is 0. The van der Waals surface area contributed by atoms with Gasteiger partial charge in [0.25, 0.3) is 0 Å². The van der Waals surface area contributed by atoms with Crippen LogP contribution < -0.4 is 10.2 Å². The standard InChI is InChI=1S/C34H26N2/c1-3-10-26(11-4-1)27-18-22-31(23-19-27)36(30-14-5-2-6-15-30)32-24-20-29(21-25-32)35-34-17-9-13-28-12-7-8-16-33(28)34/h1-25,35H. The summed E-state index contributed by atoms with van der Waals surface area (Å²) in [5.74, 6) is 0. The summed E-state index contributed by atoms with van der Waals surface area (Å²) in [6, 6.07) is 53.2. The predicted molar refractivity (Wildman–Crippen MR) is 154 cm³/mol. The molecule has 172 valence electrons. The number of fused-ring (bicyclic) bond motifs is 1. The van der Waals surface area contributed by atoms with E-state index in [-0.39, 0.29) is 0 Å².